The maximum absolute atomic E-state index is 5.86. The molecule has 7 heterocycles. The van der Waals surface area contributed by atoms with Crippen LogP contribution in [0.1, 0.15) is 18.1 Å². The lowest BCUT2D eigenvalue weighted by molar-refractivity contribution is 0.235. The smallest absolute Gasteiger partial charge is 0.212 e. The Morgan fingerprint density at radius 3 is 2.19 bits per heavy atom. The third kappa shape index (κ3) is 5.69. The number of fused-ring (bicyclic) bond motifs is 4. The first-order valence-corrected chi connectivity index (χ1v) is 16.0. The van der Waals surface area contributed by atoms with Gasteiger partial charge in [0.15, 0.2) is 5.65 Å². The highest BCUT2D eigenvalue weighted by molar-refractivity contribution is 6.00. The Kier molecular flexibility index (Phi) is 7.56. The van der Waals surface area contributed by atoms with Gasteiger partial charge < -0.3 is 19.1 Å². The van der Waals surface area contributed by atoms with Gasteiger partial charge in [-0.05, 0) is 54.0 Å². The maximum Gasteiger partial charge on any atom is 0.212 e. The average molecular weight is 632 g/mol. The van der Waals surface area contributed by atoms with Gasteiger partial charge in [-0.2, -0.15) is 5.10 Å². The summed E-state index contributed by atoms with van der Waals surface area (Å²) in [5.74, 6) is 5.01. The van der Waals surface area contributed by atoms with Crippen molar-refractivity contribution >= 4 is 22.4 Å². The zero-order valence-corrected chi connectivity index (χ0v) is 26.7. The molecule has 2 fully saturated rings. The number of aromatic nitrogens is 7. The van der Waals surface area contributed by atoms with Crippen molar-refractivity contribution in [3.63, 3.8) is 0 Å². The molecular formula is C35H37N9O3. The van der Waals surface area contributed by atoms with Crippen molar-refractivity contribution in [1.29, 1.82) is 0 Å². The van der Waals surface area contributed by atoms with E-state index in [0.717, 1.165) is 83.1 Å². The van der Waals surface area contributed by atoms with Gasteiger partial charge in [-0.15, -0.1) is 5.10 Å². The molecule has 1 N–H and O–H groups in total. The van der Waals surface area contributed by atoms with E-state index in [2.05, 4.69) is 65.4 Å². The molecule has 0 aromatic carbocycles. The molecule has 1 saturated heterocycles. The largest absolute Gasteiger partial charge is 0.492 e. The van der Waals surface area contributed by atoms with Gasteiger partial charge in [0.05, 0.1) is 44.1 Å². The van der Waals surface area contributed by atoms with E-state index in [9.17, 15) is 0 Å². The summed E-state index contributed by atoms with van der Waals surface area (Å²) in [6, 6.07) is 14.4. The summed E-state index contributed by atoms with van der Waals surface area (Å²) in [6.45, 7) is 7.25. The number of nitrogens with zero attached hydrogens (tertiary/aromatic N) is 8. The van der Waals surface area contributed by atoms with Crippen molar-refractivity contribution in [2.24, 2.45) is 17.8 Å². The first-order valence-electron chi connectivity index (χ1n) is 16.0. The molecule has 0 radical (unpaired) electrons. The van der Waals surface area contributed by atoms with E-state index in [4.69, 9.17) is 19.2 Å². The molecule has 0 spiro atoms. The van der Waals surface area contributed by atoms with Gasteiger partial charge in [-0.25, -0.2) is 19.5 Å². The predicted octanol–water partition coefficient (Wildman–Crippen LogP) is 4.86. The second-order valence-corrected chi connectivity index (χ2v) is 12.3. The summed E-state index contributed by atoms with van der Waals surface area (Å²) < 4.78 is 18.3. The van der Waals surface area contributed by atoms with E-state index in [1.54, 1.807) is 14.2 Å². The van der Waals surface area contributed by atoms with Gasteiger partial charge in [-0.3, -0.25) is 10.00 Å². The molecule has 1 saturated carbocycles. The van der Waals surface area contributed by atoms with Crippen LogP contribution in [0.25, 0.3) is 27.7 Å². The van der Waals surface area contributed by atoms with E-state index in [0.29, 0.717) is 36.1 Å². The molecule has 240 valence electrons. The van der Waals surface area contributed by atoms with Crippen LogP contribution in [-0.2, 0) is 13.1 Å². The van der Waals surface area contributed by atoms with Crippen LogP contribution in [0.5, 0.6) is 17.5 Å². The van der Waals surface area contributed by atoms with E-state index in [1.165, 1.54) is 0 Å². The van der Waals surface area contributed by atoms with Crippen LogP contribution in [0.2, 0.25) is 0 Å². The molecule has 1 aliphatic carbocycles. The van der Waals surface area contributed by atoms with Crippen LogP contribution in [0.15, 0.2) is 73.4 Å². The molecule has 1 aliphatic heterocycles. The summed E-state index contributed by atoms with van der Waals surface area (Å²) >= 11 is 0. The normalized spacial score (nSPS) is 18.6. The Morgan fingerprint density at radius 1 is 0.872 bits per heavy atom. The third-order valence-corrected chi connectivity index (χ3v) is 9.46. The van der Waals surface area contributed by atoms with E-state index >= 15 is 0 Å². The van der Waals surface area contributed by atoms with Crippen LogP contribution < -0.4 is 19.1 Å². The fourth-order valence-electron chi connectivity index (χ4n) is 7.10. The number of aromatic amines is 1. The minimum atomic E-state index is 0.580. The second-order valence-electron chi connectivity index (χ2n) is 12.3. The molecule has 6 aromatic rings. The molecule has 8 rings (SSSR count). The average Bonchev–Trinajstić information content (AvgIpc) is 3.50. The molecule has 47 heavy (non-hydrogen) atoms. The number of nitrogens with one attached hydrogen (secondary N) is 1. The molecular weight excluding hydrogens is 594 g/mol. The van der Waals surface area contributed by atoms with Crippen LogP contribution >= 0.6 is 0 Å². The molecule has 12 heteroatoms. The first kappa shape index (κ1) is 29.2. The first-order chi connectivity index (χ1) is 23.1. The van der Waals surface area contributed by atoms with Crippen molar-refractivity contribution < 1.29 is 14.2 Å². The predicted molar refractivity (Wildman–Crippen MR) is 178 cm³/mol. The standard InChI is InChI=1S/C35H37N9O3/c1-4-47-25-11-26(34-27-15-39-40-35(27)41-44(34)18-25)24-7-8-31(36-14-24)43-20-29-28(30(29)21-43)19-42(16-22-5-9-32(45-2)37-12-22)17-23-6-10-33(46-3)38-13-23/h5-15,18,28-30H,4,16-17,19-21H2,1-3H3,(H,40,41)/t28?,29-,30+. The van der Waals surface area contributed by atoms with Crippen LogP contribution in [0.3, 0.4) is 0 Å². The Balaban J connectivity index is 0.958. The quantitative estimate of drug-likeness (QED) is 0.201. The number of ether oxygens (including phenoxy) is 3. The minimum absolute atomic E-state index is 0.580. The van der Waals surface area contributed by atoms with Crippen molar-refractivity contribution in [2.75, 3.05) is 45.4 Å². The number of pyridine rings is 4. The van der Waals surface area contributed by atoms with Gasteiger partial charge in [0.25, 0.3) is 0 Å². The van der Waals surface area contributed by atoms with Crippen LogP contribution in [0, 0.1) is 17.8 Å². The summed E-state index contributed by atoms with van der Waals surface area (Å²) in [7, 11) is 3.28. The summed E-state index contributed by atoms with van der Waals surface area (Å²) in [4.78, 5) is 18.7. The van der Waals surface area contributed by atoms with Crippen molar-refractivity contribution in [1.82, 2.24) is 39.7 Å². The molecule has 6 aromatic heterocycles. The van der Waals surface area contributed by atoms with Crippen molar-refractivity contribution in [2.45, 2.75) is 20.0 Å². The van der Waals surface area contributed by atoms with Gasteiger partial charge in [0.2, 0.25) is 11.8 Å². The minimum Gasteiger partial charge on any atom is -0.492 e. The lowest BCUT2D eigenvalue weighted by Gasteiger charge is -2.26. The molecule has 12 nitrogen and oxygen atoms in total. The lowest BCUT2D eigenvalue weighted by Crippen LogP contribution is -2.30. The van der Waals surface area contributed by atoms with Crippen molar-refractivity contribution in [3.8, 4) is 28.6 Å². The number of rotatable bonds is 12. The zero-order chi connectivity index (χ0) is 31.9. The number of anilines is 1. The fraction of sp³-hybridized carbons (Fsp3) is 0.343. The van der Waals surface area contributed by atoms with Gasteiger partial charge >= 0.3 is 0 Å². The second kappa shape index (κ2) is 12.2. The highest BCUT2D eigenvalue weighted by Crippen LogP contribution is 2.53. The summed E-state index contributed by atoms with van der Waals surface area (Å²) in [5.41, 5.74) is 6.09. The fourth-order valence-corrected chi connectivity index (χ4v) is 7.10. The van der Waals surface area contributed by atoms with Gasteiger partial charge in [-0.1, -0.05) is 12.1 Å². The van der Waals surface area contributed by atoms with Crippen LogP contribution in [0.4, 0.5) is 5.82 Å². The van der Waals surface area contributed by atoms with Crippen molar-refractivity contribution in [3.05, 3.63) is 84.6 Å². The molecule has 2 aliphatic rings. The molecule has 0 bridgehead atoms. The molecule has 3 atom stereocenters. The number of hydrogen-bond acceptors (Lipinski definition) is 10. The number of piperidine rings is 1. The Hall–Kier alpha value is -5.23. The van der Waals surface area contributed by atoms with E-state index in [-0.39, 0.29) is 0 Å². The zero-order valence-electron chi connectivity index (χ0n) is 26.7. The highest BCUT2D eigenvalue weighted by Gasteiger charge is 2.56. The summed E-state index contributed by atoms with van der Waals surface area (Å²) in [6.07, 6.45) is 9.51. The molecule has 1 unspecified atom stereocenters. The highest BCUT2D eigenvalue weighted by atomic mass is 16.5. The molecule has 0 amide bonds. The Labute approximate surface area is 272 Å². The Morgan fingerprint density at radius 2 is 1.60 bits per heavy atom. The SMILES string of the molecule is CCOc1cc(-c2ccc(N3C[C@@H]4C(CN(Cc5ccc(OC)nc5)Cc5ccc(OC)nc5)[C@@H]4C3)nc2)c2c3cn[nH]c3nn2c1. The monoisotopic (exact) mass is 631 g/mol. The number of methoxy groups -OCH3 is 2. The van der Waals surface area contributed by atoms with Crippen LogP contribution in [-0.4, -0.2) is 80.1 Å². The van der Waals surface area contributed by atoms with Gasteiger partial charge in [0.1, 0.15) is 11.6 Å². The van der Waals surface area contributed by atoms with Gasteiger partial charge in [0, 0.05) is 74.6 Å². The number of hydrogen-bond donors (Lipinski definition) is 1. The number of H-pyrrole nitrogens is 1. The lowest BCUT2D eigenvalue weighted by atomic mass is 10.1. The third-order valence-electron chi connectivity index (χ3n) is 9.46. The Bertz CT molecular complexity index is 1930. The summed E-state index contributed by atoms with van der Waals surface area (Å²) in [5, 5.41) is 12.8. The van der Waals surface area contributed by atoms with E-state index < -0.39 is 0 Å². The van der Waals surface area contributed by atoms with E-state index in [1.807, 2.05) is 54.6 Å². The topological polar surface area (TPSA) is 119 Å². The maximum atomic E-state index is 5.86.